The normalized spacial score (nSPS) is 11.1. The number of amides is 1. The number of carbonyl (C=O) groups is 1. The molecule has 1 amide bonds. The number of aromatic amines is 1. The first-order valence-electron chi connectivity index (χ1n) is 9.41. The first-order valence-corrected chi connectivity index (χ1v) is 9.41. The van der Waals surface area contributed by atoms with Crippen molar-refractivity contribution in [1.29, 1.82) is 0 Å². The summed E-state index contributed by atoms with van der Waals surface area (Å²) in [5.41, 5.74) is 2.31. The second-order valence-corrected chi connectivity index (χ2v) is 6.74. The number of unbranched alkanes of at least 4 members (excludes halogenated alkanes) is 2. The SMILES string of the molecule is O=C(CCCCCn1nnc2ccccc2c1=O)Nc1cccc2[nH]ccc12. The number of carbonyl (C=O) groups excluding carboxylic acids is 1. The molecule has 0 saturated carbocycles. The van der Waals surface area contributed by atoms with Gasteiger partial charge in [-0.05, 0) is 43.2 Å². The molecule has 7 nitrogen and oxygen atoms in total. The van der Waals surface area contributed by atoms with Gasteiger partial charge < -0.3 is 10.3 Å². The van der Waals surface area contributed by atoms with Gasteiger partial charge in [-0.2, -0.15) is 0 Å². The van der Waals surface area contributed by atoms with E-state index < -0.39 is 0 Å². The van der Waals surface area contributed by atoms with Crippen LogP contribution in [0, 0.1) is 0 Å². The molecule has 0 atom stereocenters. The Hall–Kier alpha value is -3.48. The van der Waals surface area contributed by atoms with Crippen molar-refractivity contribution >= 4 is 33.4 Å². The van der Waals surface area contributed by atoms with Crippen LogP contribution in [-0.2, 0) is 11.3 Å². The Balaban J connectivity index is 1.26. The molecule has 0 bridgehead atoms. The Morgan fingerprint density at radius 2 is 1.89 bits per heavy atom. The van der Waals surface area contributed by atoms with Gasteiger partial charge in [-0.15, -0.1) is 5.10 Å². The number of fused-ring (bicyclic) bond motifs is 2. The Labute approximate surface area is 161 Å². The van der Waals surface area contributed by atoms with Crippen LogP contribution in [0.3, 0.4) is 0 Å². The van der Waals surface area contributed by atoms with E-state index in [0.29, 0.717) is 23.9 Å². The van der Waals surface area contributed by atoms with Gasteiger partial charge >= 0.3 is 0 Å². The summed E-state index contributed by atoms with van der Waals surface area (Å²) < 4.78 is 1.40. The molecule has 0 aliphatic heterocycles. The first kappa shape index (κ1) is 17.9. The van der Waals surface area contributed by atoms with Crippen LogP contribution in [0.1, 0.15) is 25.7 Å². The Bertz CT molecular complexity index is 1180. The van der Waals surface area contributed by atoms with E-state index in [0.717, 1.165) is 35.9 Å². The molecule has 0 saturated heterocycles. The second kappa shape index (κ2) is 8.04. The highest BCUT2D eigenvalue weighted by Crippen LogP contribution is 2.22. The topological polar surface area (TPSA) is 92.7 Å². The van der Waals surface area contributed by atoms with Crippen molar-refractivity contribution in [3.63, 3.8) is 0 Å². The first-order chi connectivity index (χ1) is 13.7. The van der Waals surface area contributed by atoms with E-state index in [1.165, 1.54) is 4.68 Å². The van der Waals surface area contributed by atoms with E-state index in [1.807, 2.05) is 42.6 Å². The van der Waals surface area contributed by atoms with E-state index in [1.54, 1.807) is 12.1 Å². The average molecular weight is 375 g/mol. The summed E-state index contributed by atoms with van der Waals surface area (Å²) >= 11 is 0. The molecule has 2 aromatic heterocycles. The second-order valence-electron chi connectivity index (χ2n) is 6.74. The minimum atomic E-state index is -0.122. The van der Waals surface area contributed by atoms with Gasteiger partial charge in [0, 0.05) is 30.1 Å². The van der Waals surface area contributed by atoms with Crippen LogP contribution in [-0.4, -0.2) is 25.9 Å². The molecular formula is C21H21N5O2. The summed E-state index contributed by atoms with van der Waals surface area (Å²) in [5, 5.41) is 12.6. The van der Waals surface area contributed by atoms with Crippen molar-refractivity contribution in [1.82, 2.24) is 20.0 Å². The third-order valence-corrected chi connectivity index (χ3v) is 4.77. The van der Waals surface area contributed by atoms with Gasteiger partial charge in [0.05, 0.1) is 11.1 Å². The maximum atomic E-state index is 12.4. The van der Waals surface area contributed by atoms with Gasteiger partial charge in [0.2, 0.25) is 5.91 Å². The standard InChI is InChI=1S/C21H21N5O2/c27-20(23-18-10-6-9-17-15(18)12-13-22-17)11-2-1-5-14-26-21(28)16-7-3-4-8-19(16)24-25-26/h3-4,6-10,12-13,22H,1-2,5,11,14H2,(H,23,27). The van der Waals surface area contributed by atoms with Crippen LogP contribution < -0.4 is 10.9 Å². The summed E-state index contributed by atoms with van der Waals surface area (Å²) in [5.74, 6) is -0.00337. The smallest absolute Gasteiger partial charge is 0.277 e. The highest BCUT2D eigenvalue weighted by atomic mass is 16.1. The van der Waals surface area contributed by atoms with Crippen LogP contribution in [0.15, 0.2) is 59.5 Å². The number of benzene rings is 2. The van der Waals surface area contributed by atoms with Crippen molar-refractivity contribution in [3.8, 4) is 0 Å². The molecule has 0 radical (unpaired) electrons. The van der Waals surface area contributed by atoms with Crippen LogP contribution >= 0.6 is 0 Å². The molecular weight excluding hydrogens is 354 g/mol. The number of rotatable bonds is 7. The van der Waals surface area contributed by atoms with Crippen molar-refractivity contribution < 1.29 is 4.79 Å². The number of nitrogens with one attached hydrogen (secondary N) is 2. The zero-order chi connectivity index (χ0) is 19.3. The molecule has 0 fully saturated rings. The lowest BCUT2D eigenvalue weighted by atomic mass is 10.1. The highest BCUT2D eigenvalue weighted by Gasteiger charge is 2.07. The van der Waals surface area contributed by atoms with Crippen molar-refractivity contribution in [2.75, 3.05) is 5.32 Å². The van der Waals surface area contributed by atoms with Gasteiger partial charge in [-0.25, -0.2) is 4.68 Å². The van der Waals surface area contributed by atoms with Crippen LogP contribution in [0.25, 0.3) is 21.8 Å². The molecule has 4 rings (SSSR count). The quantitative estimate of drug-likeness (QED) is 0.484. The number of hydrogen-bond donors (Lipinski definition) is 2. The van der Waals surface area contributed by atoms with Crippen LogP contribution in [0.5, 0.6) is 0 Å². The molecule has 142 valence electrons. The number of aromatic nitrogens is 4. The Morgan fingerprint density at radius 3 is 2.82 bits per heavy atom. The van der Waals surface area contributed by atoms with Crippen LogP contribution in [0.2, 0.25) is 0 Å². The predicted molar refractivity (Wildman–Crippen MR) is 109 cm³/mol. The molecule has 0 aliphatic carbocycles. The molecule has 0 unspecified atom stereocenters. The zero-order valence-corrected chi connectivity index (χ0v) is 15.4. The van der Waals surface area contributed by atoms with Gasteiger partial charge in [0.1, 0.15) is 5.52 Å². The number of hydrogen-bond acceptors (Lipinski definition) is 4. The molecule has 2 aromatic carbocycles. The number of H-pyrrole nitrogens is 1. The summed E-state index contributed by atoms with van der Waals surface area (Å²) in [6.45, 7) is 0.501. The average Bonchev–Trinajstić information content (AvgIpc) is 3.19. The third kappa shape index (κ3) is 3.78. The van der Waals surface area contributed by atoms with Crippen molar-refractivity contribution in [2.45, 2.75) is 32.2 Å². The minimum absolute atomic E-state index is 0.00337. The Morgan fingerprint density at radius 1 is 1.00 bits per heavy atom. The Kier molecular flexibility index (Phi) is 5.14. The van der Waals surface area contributed by atoms with Crippen molar-refractivity contribution in [2.24, 2.45) is 0 Å². The number of anilines is 1. The van der Waals surface area contributed by atoms with E-state index in [2.05, 4.69) is 20.6 Å². The minimum Gasteiger partial charge on any atom is -0.361 e. The summed E-state index contributed by atoms with van der Waals surface area (Å²) in [7, 11) is 0. The maximum Gasteiger partial charge on any atom is 0.277 e. The molecule has 0 spiro atoms. The van der Waals surface area contributed by atoms with Crippen molar-refractivity contribution in [3.05, 3.63) is 65.1 Å². The molecule has 4 aromatic rings. The van der Waals surface area contributed by atoms with Crippen LogP contribution in [0.4, 0.5) is 5.69 Å². The van der Waals surface area contributed by atoms with Gasteiger partial charge in [0.25, 0.3) is 5.56 Å². The molecule has 7 heteroatoms. The van der Waals surface area contributed by atoms with E-state index in [4.69, 9.17) is 0 Å². The molecule has 0 aliphatic rings. The van der Waals surface area contributed by atoms with E-state index in [-0.39, 0.29) is 11.5 Å². The highest BCUT2D eigenvalue weighted by molar-refractivity contribution is 6.01. The zero-order valence-electron chi connectivity index (χ0n) is 15.4. The monoisotopic (exact) mass is 375 g/mol. The lowest BCUT2D eigenvalue weighted by Gasteiger charge is -2.07. The predicted octanol–water partition coefficient (Wildman–Crippen LogP) is 3.47. The number of nitrogens with zero attached hydrogens (tertiary/aromatic N) is 3. The lowest BCUT2D eigenvalue weighted by molar-refractivity contribution is -0.116. The fraction of sp³-hybridized carbons (Fsp3) is 0.238. The maximum absolute atomic E-state index is 12.4. The number of aryl methyl sites for hydroxylation is 1. The molecule has 2 heterocycles. The van der Waals surface area contributed by atoms with Gasteiger partial charge in [-0.1, -0.05) is 29.8 Å². The fourth-order valence-electron chi connectivity index (χ4n) is 3.30. The molecule has 28 heavy (non-hydrogen) atoms. The van der Waals surface area contributed by atoms with Gasteiger partial charge in [-0.3, -0.25) is 9.59 Å². The largest absolute Gasteiger partial charge is 0.361 e. The third-order valence-electron chi connectivity index (χ3n) is 4.77. The summed E-state index contributed by atoms with van der Waals surface area (Å²) in [6.07, 6.45) is 4.66. The summed E-state index contributed by atoms with van der Waals surface area (Å²) in [4.78, 5) is 27.7. The van der Waals surface area contributed by atoms with E-state index in [9.17, 15) is 9.59 Å². The summed E-state index contributed by atoms with van der Waals surface area (Å²) in [6, 6.07) is 14.9. The molecule has 2 N–H and O–H groups in total. The van der Waals surface area contributed by atoms with Gasteiger partial charge in [0.15, 0.2) is 0 Å². The van der Waals surface area contributed by atoms with E-state index >= 15 is 0 Å². The lowest BCUT2D eigenvalue weighted by Crippen LogP contribution is -2.24. The fourth-order valence-corrected chi connectivity index (χ4v) is 3.30.